The summed E-state index contributed by atoms with van der Waals surface area (Å²) in [6.45, 7) is 3.74. The summed E-state index contributed by atoms with van der Waals surface area (Å²) in [7, 11) is 0. The number of rotatable bonds is 4. The Labute approximate surface area is 131 Å². The Hall–Kier alpha value is -2.51. The zero-order valence-corrected chi connectivity index (χ0v) is 12.6. The number of imidazole rings is 1. The smallest absolute Gasteiger partial charge is 0.347 e. The van der Waals surface area contributed by atoms with E-state index in [1.807, 2.05) is 13.8 Å². The number of hydrogen-bond acceptors (Lipinski definition) is 2. The van der Waals surface area contributed by atoms with Crippen molar-refractivity contribution in [3.8, 4) is 0 Å². The molecule has 5 nitrogen and oxygen atoms in total. The van der Waals surface area contributed by atoms with Gasteiger partial charge in [0.15, 0.2) is 0 Å². The molecule has 8 heteroatoms. The number of H-pyrrole nitrogens is 1. The van der Waals surface area contributed by atoms with E-state index >= 15 is 0 Å². The van der Waals surface area contributed by atoms with Gasteiger partial charge < -0.3 is 15.6 Å². The van der Waals surface area contributed by atoms with Gasteiger partial charge in [-0.2, -0.15) is 13.2 Å². The lowest BCUT2D eigenvalue weighted by molar-refractivity contribution is -0.136. The van der Waals surface area contributed by atoms with Gasteiger partial charge in [-0.1, -0.05) is 26.0 Å². The number of urea groups is 1. The van der Waals surface area contributed by atoms with E-state index in [9.17, 15) is 18.0 Å². The number of nitrogens with zero attached hydrogens (tertiary/aromatic N) is 1. The molecular weight excluding hydrogens is 309 g/mol. The molecule has 0 bridgehead atoms. The number of halogens is 3. The highest BCUT2D eigenvalue weighted by atomic mass is 19.4. The molecule has 0 aliphatic heterocycles. The summed E-state index contributed by atoms with van der Waals surface area (Å²) in [5, 5.41) is 4.89. The number of benzene rings is 1. The minimum absolute atomic E-state index is 0.00441. The SMILES string of the molecule is CC(C)[C@@H](NC(=O)Nc1ccccc1C(F)(F)F)c1ncc[nH]1. The molecule has 3 N–H and O–H groups in total. The summed E-state index contributed by atoms with van der Waals surface area (Å²) >= 11 is 0. The second kappa shape index (κ2) is 6.72. The Bertz CT molecular complexity index is 653. The van der Waals surface area contributed by atoms with E-state index in [4.69, 9.17) is 0 Å². The predicted octanol–water partition coefficient (Wildman–Crippen LogP) is 3.95. The first-order valence-electron chi connectivity index (χ1n) is 7.02. The van der Waals surface area contributed by atoms with E-state index in [2.05, 4.69) is 20.6 Å². The Morgan fingerprint density at radius 1 is 1.26 bits per heavy atom. The maximum atomic E-state index is 12.9. The van der Waals surface area contributed by atoms with Crippen molar-refractivity contribution in [3.63, 3.8) is 0 Å². The maximum absolute atomic E-state index is 12.9. The molecule has 0 unspecified atom stereocenters. The van der Waals surface area contributed by atoms with Crippen LogP contribution in [0.15, 0.2) is 36.7 Å². The van der Waals surface area contributed by atoms with E-state index in [0.29, 0.717) is 5.82 Å². The minimum atomic E-state index is -4.54. The van der Waals surface area contributed by atoms with Gasteiger partial charge in [0.2, 0.25) is 0 Å². The second-order valence-corrected chi connectivity index (χ2v) is 5.34. The van der Waals surface area contributed by atoms with Crippen molar-refractivity contribution in [1.29, 1.82) is 0 Å². The number of carbonyl (C=O) groups is 1. The normalized spacial score (nSPS) is 13.0. The van der Waals surface area contributed by atoms with Crippen LogP contribution in [-0.4, -0.2) is 16.0 Å². The van der Waals surface area contributed by atoms with Gasteiger partial charge in [0, 0.05) is 12.4 Å². The van der Waals surface area contributed by atoms with Crippen molar-refractivity contribution in [3.05, 3.63) is 48.0 Å². The first-order chi connectivity index (χ1) is 10.8. The van der Waals surface area contributed by atoms with Gasteiger partial charge in [0.1, 0.15) is 5.82 Å². The van der Waals surface area contributed by atoms with Gasteiger partial charge in [-0.15, -0.1) is 0 Å². The number of aromatic nitrogens is 2. The first-order valence-corrected chi connectivity index (χ1v) is 7.02. The fourth-order valence-electron chi connectivity index (χ4n) is 2.14. The molecule has 0 fully saturated rings. The zero-order chi connectivity index (χ0) is 17.0. The van der Waals surface area contributed by atoms with Crippen LogP contribution in [0.2, 0.25) is 0 Å². The third kappa shape index (κ3) is 4.24. The van der Waals surface area contributed by atoms with Crippen molar-refractivity contribution in [2.45, 2.75) is 26.1 Å². The van der Waals surface area contributed by atoms with Crippen molar-refractivity contribution < 1.29 is 18.0 Å². The molecule has 2 rings (SSSR count). The monoisotopic (exact) mass is 326 g/mol. The van der Waals surface area contributed by atoms with E-state index < -0.39 is 23.8 Å². The van der Waals surface area contributed by atoms with Crippen LogP contribution < -0.4 is 10.6 Å². The summed E-state index contributed by atoms with van der Waals surface area (Å²) in [4.78, 5) is 19.0. The molecule has 1 aromatic heterocycles. The van der Waals surface area contributed by atoms with Crippen LogP contribution in [0.4, 0.5) is 23.7 Å². The summed E-state index contributed by atoms with van der Waals surface area (Å²) in [5.74, 6) is 0.545. The molecule has 0 aliphatic rings. The third-order valence-electron chi connectivity index (χ3n) is 3.25. The van der Waals surface area contributed by atoms with E-state index in [1.165, 1.54) is 18.2 Å². The van der Waals surface area contributed by atoms with Crippen LogP contribution in [0.3, 0.4) is 0 Å². The highest BCUT2D eigenvalue weighted by Gasteiger charge is 2.33. The molecule has 2 amide bonds. The van der Waals surface area contributed by atoms with E-state index in [1.54, 1.807) is 12.4 Å². The van der Waals surface area contributed by atoms with Crippen LogP contribution in [0.1, 0.15) is 31.3 Å². The number of nitrogens with one attached hydrogen (secondary N) is 3. The lowest BCUT2D eigenvalue weighted by Crippen LogP contribution is -2.36. The van der Waals surface area contributed by atoms with Crippen molar-refractivity contribution in [1.82, 2.24) is 15.3 Å². The fraction of sp³-hybridized carbons (Fsp3) is 0.333. The van der Waals surface area contributed by atoms with Crippen LogP contribution in [0.25, 0.3) is 0 Å². The summed E-state index contributed by atoms with van der Waals surface area (Å²) in [5.41, 5.74) is -1.19. The molecule has 23 heavy (non-hydrogen) atoms. The maximum Gasteiger partial charge on any atom is 0.418 e. The Morgan fingerprint density at radius 2 is 1.96 bits per heavy atom. The largest absolute Gasteiger partial charge is 0.418 e. The number of hydrogen-bond donors (Lipinski definition) is 3. The van der Waals surface area contributed by atoms with Crippen LogP contribution in [-0.2, 0) is 6.18 Å². The van der Waals surface area contributed by atoms with E-state index in [0.717, 1.165) is 6.07 Å². The molecule has 0 aliphatic carbocycles. The lowest BCUT2D eigenvalue weighted by Gasteiger charge is -2.21. The quantitative estimate of drug-likeness (QED) is 0.796. The molecule has 124 valence electrons. The number of aromatic amines is 1. The highest BCUT2D eigenvalue weighted by molar-refractivity contribution is 5.90. The third-order valence-corrected chi connectivity index (χ3v) is 3.25. The molecule has 1 heterocycles. The molecule has 1 atom stereocenters. The fourth-order valence-corrected chi connectivity index (χ4v) is 2.14. The van der Waals surface area contributed by atoms with E-state index in [-0.39, 0.29) is 11.6 Å². The van der Waals surface area contributed by atoms with Gasteiger partial charge in [0.25, 0.3) is 0 Å². The Kier molecular flexibility index (Phi) is 4.92. The van der Waals surface area contributed by atoms with Gasteiger partial charge in [-0.25, -0.2) is 9.78 Å². The topological polar surface area (TPSA) is 69.8 Å². The van der Waals surface area contributed by atoms with Crippen LogP contribution >= 0.6 is 0 Å². The molecule has 0 radical (unpaired) electrons. The predicted molar refractivity (Wildman–Crippen MR) is 79.8 cm³/mol. The van der Waals surface area contributed by atoms with Gasteiger partial charge in [-0.3, -0.25) is 0 Å². The molecule has 0 saturated heterocycles. The van der Waals surface area contributed by atoms with Gasteiger partial charge >= 0.3 is 12.2 Å². The summed E-state index contributed by atoms with van der Waals surface area (Å²) in [6.07, 6.45) is -1.38. The van der Waals surface area contributed by atoms with Crippen LogP contribution in [0.5, 0.6) is 0 Å². The number of amides is 2. The van der Waals surface area contributed by atoms with Gasteiger partial charge in [-0.05, 0) is 18.1 Å². The second-order valence-electron chi connectivity index (χ2n) is 5.34. The van der Waals surface area contributed by atoms with Crippen molar-refractivity contribution in [2.75, 3.05) is 5.32 Å². The summed E-state index contributed by atoms with van der Waals surface area (Å²) < 4.78 is 38.8. The molecule has 1 aromatic carbocycles. The lowest BCUT2D eigenvalue weighted by atomic mass is 10.0. The molecule has 0 spiro atoms. The number of alkyl halides is 3. The highest BCUT2D eigenvalue weighted by Crippen LogP contribution is 2.34. The average molecular weight is 326 g/mol. The van der Waals surface area contributed by atoms with Gasteiger partial charge in [0.05, 0.1) is 17.3 Å². The van der Waals surface area contributed by atoms with Crippen molar-refractivity contribution >= 4 is 11.7 Å². The number of para-hydroxylation sites is 1. The zero-order valence-electron chi connectivity index (χ0n) is 12.6. The van der Waals surface area contributed by atoms with Crippen LogP contribution in [0, 0.1) is 5.92 Å². The summed E-state index contributed by atoms with van der Waals surface area (Å²) in [6, 6.07) is 3.66. The number of anilines is 1. The van der Waals surface area contributed by atoms with Crippen molar-refractivity contribution in [2.24, 2.45) is 5.92 Å². The Morgan fingerprint density at radius 3 is 2.52 bits per heavy atom. The Balaban J connectivity index is 2.14. The number of carbonyl (C=O) groups excluding carboxylic acids is 1. The first kappa shape index (κ1) is 16.9. The molecule has 0 saturated carbocycles. The molecular formula is C15H17F3N4O. The minimum Gasteiger partial charge on any atom is -0.347 e. The standard InChI is InChI=1S/C15H17F3N4O/c1-9(2)12(13-19-7-8-20-13)22-14(23)21-11-6-4-3-5-10(11)15(16,17)18/h3-9,12H,1-2H3,(H,19,20)(H2,21,22,23)/t12-/m1/s1. The molecule has 2 aromatic rings. The average Bonchev–Trinajstić information content (AvgIpc) is 2.97.